The molecule has 160 valence electrons. The largest absolute Gasteiger partial charge is 0.273 e. The number of para-hydroxylation sites is 1. The number of amides is 2. The lowest BCUT2D eigenvalue weighted by atomic mass is 9.90. The molecule has 0 aromatic heterocycles. The van der Waals surface area contributed by atoms with Crippen molar-refractivity contribution in [2.45, 2.75) is 19.1 Å². The zero-order valence-corrected chi connectivity index (χ0v) is 17.1. The highest BCUT2D eigenvalue weighted by Gasteiger charge is 2.60. The van der Waals surface area contributed by atoms with Gasteiger partial charge in [0, 0.05) is 12.1 Å². The van der Waals surface area contributed by atoms with E-state index in [9.17, 15) is 19.7 Å². The average Bonchev–Trinajstić information content (AvgIpc) is 3.30. The first-order valence-electron chi connectivity index (χ1n) is 10.2. The Bertz CT molecular complexity index is 1230. The molecule has 8 heteroatoms. The van der Waals surface area contributed by atoms with E-state index in [0.29, 0.717) is 16.9 Å². The predicted octanol–water partition coefficient (Wildman–Crippen LogP) is 3.95. The lowest BCUT2D eigenvalue weighted by molar-refractivity contribution is -0.384. The van der Waals surface area contributed by atoms with Gasteiger partial charge in [0.05, 0.1) is 22.3 Å². The van der Waals surface area contributed by atoms with Gasteiger partial charge in [0.25, 0.3) is 11.6 Å². The molecule has 5 rings (SSSR count). The number of fused-ring (bicyclic) bond motifs is 1. The Morgan fingerprint density at radius 3 is 2.31 bits per heavy atom. The number of non-ortho nitro benzene ring substituents is 1. The third-order valence-electron chi connectivity index (χ3n) is 5.81. The Hall–Kier alpha value is -4.04. The second-order valence-electron chi connectivity index (χ2n) is 7.86. The molecule has 0 bridgehead atoms. The van der Waals surface area contributed by atoms with Crippen molar-refractivity contribution in [1.29, 1.82) is 0 Å². The number of nitro groups is 1. The Morgan fingerprint density at radius 1 is 0.875 bits per heavy atom. The highest BCUT2D eigenvalue weighted by molar-refractivity contribution is 6.24. The van der Waals surface area contributed by atoms with Crippen molar-refractivity contribution < 1.29 is 19.3 Å². The molecule has 3 aromatic rings. The summed E-state index contributed by atoms with van der Waals surface area (Å²) in [4.78, 5) is 44.9. The standard InChI is InChI=1S/C24H19N3O5/c1-15-7-5-11-18(13-15)25-23(28)20-21(16-8-6-12-19(14-16)27(30)31)26(32-22(20)24(25)29)17-9-3-2-4-10-17/h2-14,20-22H,1H3/t20-,21-,22-/m0/s1. The third kappa shape index (κ3) is 3.12. The number of hydrogen-bond acceptors (Lipinski definition) is 6. The zero-order chi connectivity index (χ0) is 22.4. The van der Waals surface area contributed by atoms with Crippen LogP contribution in [0.3, 0.4) is 0 Å². The highest BCUT2D eigenvalue weighted by atomic mass is 16.7. The molecule has 0 saturated carbocycles. The zero-order valence-electron chi connectivity index (χ0n) is 17.1. The maximum absolute atomic E-state index is 13.6. The Labute approximate surface area is 183 Å². The molecular weight excluding hydrogens is 410 g/mol. The molecule has 32 heavy (non-hydrogen) atoms. The molecule has 2 amide bonds. The molecule has 2 fully saturated rings. The van der Waals surface area contributed by atoms with Gasteiger partial charge in [-0.2, -0.15) is 0 Å². The van der Waals surface area contributed by atoms with E-state index >= 15 is 0 Å². The number of rotatable bonds is 4. The first-order valence-corrected chi connectivity index (χ1v) is 10.2. The fraction of sp³-hybridized carbons (Fsp3) is 0.167. The van der Waals surface area contributed by atoms with Crippen molar-refractivity contribution in [3.05, 3.63) is 100 Å². The Kier molecular flexibility index (Phi) is 4.71. The van der Waals surface area contributed by atoms with Crippen LogP contribution in [0.1, 0.15) is 17.2 Å². The van der Waals surface area contributed by atoms with Crippen LogP contribution in [0.25, 0.3) is 0 Å². The van der Waals surface area contributed by atoms with Gasteiger partial charge in [0.15, 0.2) is 6.10 Å². The number of benzene rings is 3. The van der Waals surface area contributed by atoms with Gasteiger partial charge in [0.2, 0.25) is 5.91 Å². The lowest BCUT2D eigenvalue weighted by Gasteiger charge is -2.28. The summed E-state index contributed by atoms with van der Waals surface area (Å²) >= 11 is 0. The molecule has 8 nitrogen and oxygen atoms in total. The van der Waals surface area contributed by atoms with Gasteiger partial charge in [0.1, 0.15) is 5.92 Å². The monoisotopic (exact) mass is 429 g/mol. The van der Waals surface area contributed by atoms with Crippen molar-refractivity contribution in [1.82, 2.24) is 0 Å². The topological polar surface area (TPSA) is 93.0 Å². The van der Waals surface area contributed by atoms with Gasteiger partial charge in [-0.25, -0.2) is 9.96 Å². The molecular formula is C24H19N3O5. The number of nitrogens with zero attached hydrogens (tertiary/aromatic N) is 3. The number of carbonyl (C=O) groups excluding carboxylic acids is 2. The van der Waals surface area contributed by atoms with E-state index < -0.39 is 28.9 Å². The third-order valence-corrected chi connectivity index (χ3v) is 5.81. The molecule has 3 aromatic carbocycles. The first kappa shape index (κ1) is 19.9. The maximum atomic E-state index is 13.6. The number of nitro benzene ring substituents is 1. The predicted molar refractivity (Wildman–Crippen MR) is 117 cm³/mol. The van der Waals surface area contributed by atoms with Crippen molar-refractivity contribution in [2.24, 2.45) is 5.92 Å². The van der Waals surface area contributed by atoms with Gasteiger partial charge < -0.3 is 0 Å². The van der Waals surface area contributed by atoms with E-state index in [1.165, 1.54) is 17.2 Å². The van der Waals surface area contributed by atoms with E-state index in [4.69, 9.17) is 4.84 Å². The number of aryl methyl sites for hydroxylation is 1. The minimum atomic E-state index is -1.02. The van der Waals surface area contributed by atoms with Gasteiger partial charge in [-0.05, 0) is 42.3 Å². The Morgan fingerprint density at radius 2 is 1.59 bits per heavy atom. The van der Waals surface area contributed by atoms with Crippen molar-refractivity contribution in [3.63, 3.8) is 0 Å². The number of anilines is 2. The Balaban J connectivity index is 1.61. The lowest BCUT2D eigenvalue weighted by Crippen LogP contribution is -2.37. The molecule has 0 radical (unpaired) electrons. The summed E-state index contributed by atoms with van der Waals surface area (Å²) in [6.07, 6.45) is -1.02. The summed E-state index contributed by atoms with van der Waals surface area (Å²) in [5.41, 5.74) is 2.50. The maximum Gasteiger partial charge on any atom is 0.269 e. The highest BCUT2D eigenvalue weighted by Crippen LogP contribution is 2.47. The van der Waals surface area contributed by atoms with Crippen molar-refractivity contribution in [3.8, 4) is 0 Å². The van der Waals surface area contributed by atoms with E-state index in [1.807, 2.05) is 31.2 Å². The average molecular weight is 429 g/mol. The van der Waals surface area contributed by atoms with Crippen LogP contribution in [-0.2, 0) is 14.4 Å². The first-order chi connectivity index (χ1) is 15.5. The molecule has 2 saturated heterocycles. The van der Waals surface area contributed by atoms with E-state index in [1.54, 1.807) is 42.5 Å². The van der Waals surface area contributed by atoms with Crippen LogP contribution in [0.5, 0.6) is 0 Å². The van der Waals surface area contributed by atoms with Crippen LogP contribution in [0.15, 0.2) is 78.9 Å². The van der Waals surface area contributed by atoms with Gasteiger partial charge >= 0.3 is 0 Å². The van der Waals surface area contributed by atoms with Crippen LogP contribution < -0.4 is 9.96 Å². The van der Waals surface area contributed by atoms with Crippen LogP contribution in [0, 0.1) is 23.0 Å². The van der Waals surface area contributed by atoms with Gasteiger partial charge in [-0.3, -0.25) is 24.5 Å². The fourth-order valence-corrected chi connectivity index (χ4v) is 4.40. The minimum Gasteiger partial charge on any atom is -0.273 e. The van der Waals surface area contributed by atoms with Crippen LogP contribution in [0.4, 0.5) is 17.1 Å². The summed E-state index contributed by atoms with van der Waals surface area (Å²) < 4.78 is 0. The van der Waals surface area contributed by atoms with Crippen LogP contribution >= 0.6 is 0 Å². The molecule has 3 atom stereocenters. The quantitative estimate of drug-likeness (QED) is 0.354. The normalized spacial score (nSPS) is 22.3. The second kappa shape index (κ2) is 7.58. The molecule has 0 N–H and O–H groups in total. The smallest absolute Gasteiger partial charge is 0.269 e. The van der Waals surface area contributed by atoms with Crippen molar-refractivity contribution in [2.75, 3.05) is 9.96 Å². The second-order valence-corrected chi connectivity index (χ2v) is 7.86. The molecule has 2 aliphatic heterocycles. The summed E-state index contributed by atoms with van der Waals surface area (Å²) in [6.45, 7) is 1.88. The van der Waals surface area contributed by atoms with E-state index in [-0.39, 0.29) is 11.6 Å². The number of carbonyl (C=O) groups is 2. The minimum absolute atomic E-state index is 0.0914. The van der Waals surface area contributed by atoms with Crippen LogP contribution in [-0.4, -0.2) is 22.8 Å². The number of hydroxylamine groups is 1. The number of imide groups is 1. The molecule has 2 heterocycles. The molecule has 0 aliphatic carbocycles. The fourth-order valence-electron chi connectivity index (χ4n) is 4.40. The van der Waals surface area contributed by atoms with Gasteiger partial charge in [-0.1, -0.05) is 42.5 Å². The summed E-state index contributed by atoms with van der Waals surface area (Å²) in [6, 6.07) is 21.7. The summed E-state index contributed by atoms with van der Waals surface area (Å²) in [5, 5.41) is 12.9. The molecule has 0 unspecified atom stereocenters. The van der Waals surface area contributed by atoms with Crippen LogP contribution in [0.2, 0.25) is 0 Å². The summed E-state index contributed by atoms with van der Waals surface area (Å²) in [7, 11) is 0. The number of hydrogen-bond donors (Lipinski definition) is 0. The van der Waals surface area contributed by atoms with Crippen molar-refractivity contribution >= 4 is 28.9 Å². The van der Waals surface area contributed by atoms with E-state index in [0.717, 1.165) is 10.5 Å². The molecule has 2 aliphatic rings. The van der Waals surface area contributed by atoms with E-state index in [2.05, 4.69) is 0 Å². The van der Waals surface area contributed by atoms with Gasteiger partial charge in [-0.15, -0.1) is 0 Å². The SMILES string of the molecule is Cc1cccc(N2C(=O)[C@@H]3[C@H](ON(c4ccccc4)[C@H]3c3cccc([N+](=O)[O-])c3)C2=O)c1. The molecule has 0 spiro atoms. The summed E-state index contributed by atoms with van der Waals surface area (Å²) in [5.74, 6) is -1.68.